The molecular formula is C20H20F3N7O2. The molecule has 168 valence electrons. The first-order chi connectivity index (χ1) is 15.2. The number of rotatable bonds is 4. The second kappa shape index (κ2) is 8.44. The Kier molecular flexibility index (Phi) is 5.68. The maximum Gasteiger partial charge on any atom is 0.453 e. The summed E-state index contributed by atoms with van der Waals surface area (Å²) in [5, 5.41) is 16.3. The van der Waals surface area contributed by atoms with E-state index in [9.17, 15) is 22.8 Å². The van der Waals surface area contributed by atoms with Crippen LogP contribution in [0.1, 0.15) is 25.6 Å². The fourth-order valence-electron chi connectivity index (χ4n) is 3.62. The van der Waals surface area contributed by atoms with Crippen molar-refractivity contribution < 1.29 is 22.8 Å². The SMILES string of the molecule is CC(=O)Nc1cccc(NC(=O)C2CCN(c3ccc4nnc(C(F)(F)F)n4n3)CC2)c1. The summed E-state index contributed by atoms with van der Waals surface area (Å²) < 4.78 is 40.0. The van der Waals surface area contributed by atoms with Crippen molar-refractivity contribution in [2.75, 3.05) is 28.6 Å². The minimum Gasteiger partial charge on any atom is -0.355 e. The monoisotopic (exact) mass is 447 g/mol. The summed E-state index contributed by atoms with van der Waals surface area (Å²) in [5.41, 5.74) is 1.17. The molecular weight excluding hydrogens is 427 g/mol. The molecule has 9 nitrogen and oxygen atoms in total. The van der Waals surface area contributed by atoms with Crippen LogP contribution in [0.25, 0.3) is 5.65 Å². The van der Waals surface area contributed by atoms with E-state index < -0.39 is 12.0 Å². The Balaban J connectivity index is 1.40. The lowest BCUT2D eigenvalue weighted by atomic mass is 9.96. The van der Waals surface area contributed by atoms with Gasteiger partial charge in [0.25, 0.3) is 5.82 Å². The molecule has 2 aromatic heterocycles. The zero-order valence-electron chi connectivity index (χ0n) is 17.1. The molecule has 0 bridgehead atoms. The third kappa shape index (κ3) is 4.63. The molecule has 1 aliphatic rings. The van der Waals surface area contributed by atoms with Crippen LogP contribution >= 0.6 is 0 Å². The van der Waals surface area contributed by atoms with Crippen molar-refractivity contribution in [2.24, 2.45) is 5.92 Å². The van der Waals surface area contributed by atoms with Gasteiger partial charge in [0.15, 0.2) is 5.65 Å². The van der Waals surface area contributed by atoms with Crippen LogP contribution in [0.15, 0.2) is 36.4 Å². The maximum atomic E-state index is 13.1. The first kappa shape index (κ1) is 21.5. The normalized spacial score (nSPS) is 15.1. The minimum atomic E-state index is -4.66. The molecule has 0 atom stereocenters. The Hall–Kier alpha value is -3.70. The second-order valence-corrected chi connectivity index (χ2v) is 7.50. The van der Waals surface area contributed by atoms with Crippen LogP contribution < -0.4 is 15.5 Å². The average molecular weight is 447 g/mol. The van der Waals surface area contributed by atoms with Crippen molar-refractivity contribution >= 4 is 34.7 Å². The van der Waals surface area contributed by atoms with E-state index in [0.717, 1.165) is 0 Å². The number of nitrogens with zero attached hydrogens (tertiary/aromatic N) is 5. The summed E-state index contributed by atoms with van der Waals surface area (Å²) in [4.78, 5) is 25.7. The fourth-order valence-corrected chi connectivity index (χ4v) is 3.62. The van der Waals surface area contributed by atoms with E-state index in [4.69, 9.17) is 0 Å². The van der Waals surface area contributed by atoms with E-state index in [2.05, 4.69) is 25.9 Å². The topological polar surface area (TPSA) is 105 Å². The number of amides is 2. The van der Waals surface area contributed by atoms with Gasteiger partial charge in [0.1, 0.15) is 5.82 Å². The first-order valence-corrected chi connectivity index (χ1v) is 9.94. The first-order valence-electron chi connectivity index (χ1n) is 9.94. The molecule has 1 aromatic carbocycles. The van der Waals surface area contributed by atoms with Gasteiger partial charge in [-0.2, -0.15) is 17.7 Å². The molecule has 32 heavy (non-hydrogen) atoms. The Labute approximate surface area is 180 Å². The Morgan fingerprint density at radius 2 is 1.72 bits per heavy atom. The molecule has 0 saturated carbocycles. The highest BCUT2D eigenvalue weighted by Gasteiger charge is 2.38. The highest BCUT2D eigenvalue weighted by atomic mass is 19.4. The number of aromatic nitrogens is 4. The molecule has 3 aromatic rings. The van der Waals surface area contributed by atoms with Crippen molar-refractivity contribution in [1.82, 2.24) is 19.8 Å². The molecule has 2 amide bonds. The Morgan fingerprint density at radius 3 is 2.38 bits per heavy atom. The summed E-state index contributed by atoms with van der Waals surface area (Å²) >= 11 is 0. The van der Waals surface area contributed by atoms with Crippen LogP contribution in [0.4, 0.5) is 30.4 Å². The number of benzene rings is 1. The zero-order chi connectivity index (χ0) is 22.9. The predicted molar refractivity (Wildman–Crippen MR) is 110 cm³/mol. The molecule has 0 radical (unpaired) electrons. The molecule has 2 N–H and O–H groups in total. The van der Waals surface area contributed by atoms with Gasteiger partial charge in [-0.15, -0.1) is 15.3 Å². The summed E-state index contributed by atoms with van der Waals surface area (Å²) in [7, 11) is 0. The van der Waals surface area contributed by atoms with E-state index in [1.807, 2.05) is 4.90 Å². The Bertz CT molecular complexity index is 1150. The van der Waals surface area contributed by atoms with Gasteiger partial charge in [-0.05, 0) is 43.2 Å². The highest BCUT2D eigenvalue weighted by Crippen LogP contribution is 2.29. The van der Waals surface area contributed by atoms with Crippen LogP contribution in [0.2, 0.25) is 0 Å². The number of carbonyl (C=O) groups excluding carboxylic acids is 2. The standard InChI is InChI=1S/C20H20F3N7O2/c1-12(31)24-14-3-2-4-15(11-14)25-18(32)13-7-9-29(10-8-13)17-6-5-16-26-27-19(20(21,22)23)30(16)28-17/h2-6,11,13H,7-10H2,1H3,(H,24,31)(H,25,32). The molecule has 0 spiro atoms. The number of hydrogen-bond acceptors (Lipinski definition) is 6. The number of piperidine rings is 1. The van der Waals surface area contributed by atoms with Gasteiger partial charge < -0.3 is 15.5 Å². The molecule has 1 saturated heterocycles. The molecule has 1 fully saturated rings. The lowest BCUT2D eigenvalue weighted by molar-refractivity contribution is -0.146. The van der Waals surface area contributed by atoms with Crippen molar-refractivity contribution in [2.45, 2.75) is 25.9 Å². The molecule has 1 aliphatic heterocycles. The van der Waals surface area contributed by atoms with Crippen LogP contribution in [0.5, 0.6) is 0 Å². The third-order valence-electron chi connectivity index (χ3n) is 5.14. The van der Waals surface area contributed by atoms with Crippen LogP contribution in [0.3, 0.4) is 0 Å². The average Bonchev–Trinajstić information content (AvgIpc) is 3.17. The van der Waals surface area contributed by atoms with E-state index in [0.29, 0.717) is 47.6 Å². The summed E-state index contributed by atoms with van der Waals surface area (Å²) in [6.45, 7) is 2.33. The number of alkyl halides is 3. The number of nitrogens with one attached hydrogen (secondary N) is 2. The van der Waals surface area contributed by atoms with Gasteiger partial charge >= 0.3 is 6.18 Å². The van der Waals surface area contributed by atoms with Crippen LogP contribution in [0, 0.1) is 5.92 Å². The molecule has 0 unspecified atom stereocenters. The van der Waals surface area contributed by atoms with Crippen molar-refractivity contribution in [3.63, 3.8) is 0 Å². The maximum absolute atomic E-state index is 13.1. The Morgan fingerprint density at radius 1 is 1.03 bits per heavy atom. The number of hydrogen-bond donors (Lipinski definition) is 2. The van der Waals surface area contributed by atoms with Crippen LogP contribution in [-0.4, -0.2) is 44.7 Å². The smallest absolute Gasteiger partial charge is 0.355 e. The van der Waals surface area contributed by atoms with Crippen LogP contribution in [-0.2, 0) is 15.8 Å². The lowest BCUT2D eigenvalue weighted by Crippen LogP contribution is -2.38. The van der Waals surface area contributed by atoms with Crippen molar-refractivity contribution in [3.05, 3.63) is 42.2 Å². The third-order valence-corrected chi connectivity index (χ3v) is 5.14. The quantitative estimate of drug-likeness (QED) is 0.637. The molecule has 4 rings (SSSR count). The fraction of sp³-hybridized carbons (Fsp3) is 0.350. The number of carbonyl (C=O) groups is 2. The number of anilines is 3. The summed E-state index contributed by atoms with van der Waals surface area (Å²) in [6.07, 6.45) is -3.62. The van der Waals surface area contributed by atoms with E-state index in [-0.39, 0.29) is 23.4 Å². The van der Waals surface area contributed by atoms with Crippen molar-refractivity contribution in [3.8, 4) is 0 Å². The van der Waals surface area contributed by atoms with E-state index >= 15 is 0 Å². The largest absolute Gasteiger partial charge is 0.453 e. The van der Waals surface area contributed by atoms with Gasteiger partial charge in [-0.1, -0.05) is 6.07 Å². The lowest BCUT2D eigenvalue weighted by Gasteiger charge is -2.32. The zero-order valence-corrected chi connectivity index (χ0v) is 17.1. The molecule has 0 aliphatic carbocycles. The highest BCUT2D eigenvalue weighted by molar-refractivity contribution is 5.94. The van der Waals surface area contributed by atoms with Gasteiger partial charge in [0.05, 0.1) is 0 Å². The minimum absolute atomic E-state index is 0.0110. The summed E-state index contributed by atoms with van der Waals surface area (Å²) in [5.74, 6) is -1.41. The van der Waals surface area contributed by atoms with Gasteiger partial charge in [-0.25, -0.2) is 0 Å². The molecule has 3 heterocycles. The number of fused-ring (bicyclic) bond motifs is 1. The summed E-state index contributed by atoms with van der Waals surface area (Å²) in [6, 6.07) is 9.88. The second-order valence-electron chi connectivity index (χ2n) is 7.50. The van der Waals surface area contributed by atoms with Gasteiger partial charge in [-0.3, -0.25) is 9.59 Å². The van der Waals surface area contributed by atoms with Gasteiger partial charge in [0.2, 0.25) is 11.8 Å². The van der Waals surface area contributed by atoms with E-state index in [1.165, 1.54) is 13.0 Å². The van der Waals surface area contributed by atoms with E-state index in [1.54, 1.807) is 30.3 Å². The van der Waals surface area contributed by atoms with Gasteiger partial charge in [0, 0.05) is 37.3 Å². The number of halogens is 3. The van der Waals surface area contributed by atoms with Crippen molar-refractivity contribution in [1.29, 1.82) is 0 Å². The molecule has 12 heteroatoms. The predicted octanol–water partition coefficient (Wildman–Crippen LogP) is 2.96.